The molecular formula is C14H18ClFN2. The van der Waals surface area contributed by atoms with Gasteiger partial charge in [0.05, 0.1) is 5.02 Å². The summed E-state index contributed by atoms with van der Waals surface area (Å²) in [6.45, 7) is 4.41. The number of halogens is 2. The van der Waals surface area contributed by atoms with E-state index in [0.29, 0.717) is 6.04 Å². The first kappa shape index (κ1) is 12.2. The van der Waals surface area contributed by atoms with Crippen LogP contribution in [-0.4, -0.2) is 37.1 Å². The van der Waals surface area contributed by atoms with Gasteiger partial charge in [-0.05, 0) is 37.6 Å². The largest absolute Gasteiger partial charge is 0.369 e. The number of nitrogens with zero attached hydrogens (tertiary/aromatic N) is 2. The summed E-state index contributed by atoms with van der Waals surface area (Å²) in [4.78, 5) is 4.92. The molecule has 3 rings (SSSR count). The monoisotopic (exact) mass is 268 g/mol. The van der Waals surface area contributed by atoms with E-state index in [9.17, 15) is 4.39 Å². The predicted octanol–water partition coefficient (Wildman–Crippen LogP) is 3.15. The molecule has 2 saturated heterocycles. The number of benzene rings is 1. The Kier molecular flexibility index (Phi) is 3.44. The number of rotatable bonds is 1. The van der Waals surface area contributed by atoms with Crippen LogP contribution in [-0.2, 0) is 0 Å². The van der Waals surface area contributed by atoms with Gasteiger partial charge in [0.15, 0.2) is 0 Å². The van der Waals surface area contributed by atoms with Crippen LogP contribution in [0.25, 0.3) is 0 Å². The lowest BCUT2D eigenvalue weighted by Gasteiger charge is -2.45. The Morgan fingerprint density at radius 3 is 2.89 bits per heavy atom. The first-order valence-electron chi connectivity index (χ1n) is 6.68. The zero-order chi connectivity index (χ0) is 12.5. The summed E-state index contributed by atoms with van der Waals surface area (Å²) >= 11 is 5.86. The summed E-state index contributed by atoms with van der Waals surface area (Å²) in [6.07, 6.45) is 3.95. The molecule has 0 radical (unpaired) electrons. The van der Waals surface area contributed by atoms with Crippen LogP contribution in [0.3, 0.4) is 0 Å². The van der Waals surface area contributed by atoms with Crippen LogP contribution in [0, 0.1) is 5.82 Å². The second kappa shape index (κ2) is 5.06. The molecule has 4 heteroatoms. The van der Waals surface area contributed by atoms with E-state index in [2.05, 4.69) is 9.80 Å². The van der Waals surface area contributed by atoms with Crippen LogP contribution in [0.4, 0.5) is 10.1 Å². The molecule has 0 aromatic heterocycles. The number of hydrogen-bond acceptors (Lipinski definition) is 2. The van der Waals surface area contributed by atoms with Crippen molar-refractivity contribution in [2.45, 2.75) is 25.3 Å². The van der Waals surface area contributed by atoms with E-state index in [1.165, 1.54) is 31.9 Å². The highest BCUT2D eigenvalue weighted by Gasteiger charge is 2.28. The van der Waals surface area contributed by atoms with Gasteiger partial charge in [0.25, 0.3) is 0 Å². The van der Waals surface area contributed by atoms with E-state index in [1.807, 2.05) is 6.07 Å². The summed E-state index contributed by atoms with van der Waals surface area (Å²) < 4.78 is 13.2. The SMILES string of the molecule is Fc1ccc(N2CCN3CCCCC3C2)cc1Cl. The quantitative estimate of drug-likeness (QED) is 0.772. The van der Waals surface area contributed by atoms with Gasteiger partial charge in [0.1, 0.15) is 5.82 Å². The Bertz CT molecular complexity index is 438. The highest BCUT2D eigenvalue weighted by atomic mass is 35.5. The van der Waals surface area contributed by atoms with Crippen LogP contribution < -0.4 is 4.90 Å². The molecule has 1 unspecified atom stereocenters. The van der Waals surface area contributed by atoms with Crippen molar-refractivity contribution in [2.75, 3.05) is 31.1 Å². The van der Waals surface area contributed by atoms with Gasteiger partial charge < -0.3 is 4.90 Å². The molecule has 1 aromatic rings. The van der Waals surface area contributed by atoms with Crippen molar-refractivity contribution in [3.63, 3.8) is 0 Å². The summed E-state index contributed by atoms with van der Waals surface area (Å²) in [7, 11) is 0. The Balaban J connectivity index is 1.75. The maximum absolute atomic E-state index is 13.2. The minimum atomic E-state index is -0.336. The number of piperidine rings is 1. The molecule has 0 aliphatic carbocycles. The first-order valence-corrected chi connectivity index (χ1v) is 7.06. The number of fused-ring (bicyclic) bond motifs is 1. The molecule has 2 fully saturated rings. The highest BCUT2D eigenvalue weighted by molar-refractivity contribution is 6.31. The van der Waals surface area contributed by atoms with Gasteiger partial charge in [0.2, 0.25) is 0 Å². The molecule has 2 aliphatic heterocycles. The van der Waals surface area contributed by atoms with Crippen molar-refractivity contribution in [3.8, 4) is 0 Å². The molecule has 0 bridgehead atoms. The van der Waals surface area contributed by atoms with E-state index >= 15 is 0 Å². The van der Waals surface area contributed by atoms with E-state index in [4.69, 9.17) is 11.6 Å². The first-order chi connectivity index (χ1) is 8.74. The van der Waals surface area contributed by atoms with Crippen molar-refractivity contribution < 1.29 is 4.39 Å². The number of anilines is 1. The van der Waals surface area contributed by atoms with Gasteiger partial charge >= 0.3 is 0 Å². The van der Waals surface area contributed by atoms with Crippen LogP contribution in [0.1, 0.15) is 19.3 Å². The summed E-state index contributed by atoms with van der Waals surface area (Å²) in [5.41, 5.74) is 1.05. The highest BCUT2D eigenvalue weighted by Crippen LogP contribution is 2.27. The van der Waals surface area contributed by atoms with E-state index in [0.717, 1.165) is 25.3 Å². The Labute approximate surface area is 112 Å². The smallest absolute Gasteiger partial charge is 0.141 e. The molecular weight excluding hydrogens is 251 g/mol. The van der Waals surface area contributed by atoms with E-state index in [1.54, 1.807) is 6.07 Å². The molecule has 18 heavy (non-hydrogen) atoms. The summed E-state index contributed by atoms with van der Waals surface area (Å²) in [5.74, 6) is -0.336. The fraction of sp³-hybridized carbons (Fsp3) is 0.571. The maximum atomic E-state index is 13.2. The second-order valence-corrected chi connectivity index (χ2v) is 5.64. The van der Waals surface area contributed by atoms with Gasteiger partial charge in [-0.25, -0.2) is 4.39 Å². The fourth-order valence-electron chi connectivity index (χ4n) is 3.07. The molecule has 98 valence electrons. The Hall–Kier alpha value is -0.800. The third kappa shape index (κ3) is 2.34. The van der Waals surface area contributed by atoms with Crippen LogP contribution in [0.15, 0.2) is 18.2 Å². The standard InChI is InChI=1S/C14H18ClFN2/c15-13-9-11(4-5-14(13)16)18-8-7-17-6-2-1-3-12(17)10-18/h4-5,9,12H,1-3,6-8,10H2. The van der Waals surface area contributed by atoms with Gasteiger partial charge in [-0.3, -0.25) is 4.90 Å². The van der Waals surface area contributed by atoms with Crippen molar-refractivity contribution in [1.82, 2.24) is 4.90 Å². The molecule has 0 saturated carbocycles. The van der Waals surface area contributed by atoms with Gasteiger partial charge in [-0.1, -0.05) is 18.0 Å². The van der Waals surface area contributed by atoms with Gasteiger partial charge in [-0.2, -0.15) is 0 Å². The maximum Gasteiger partial charge on any atom is 0.141 e. The average Bonchev–Trinajstić information content (AvgIpc) is 2.41. The molecule has 1 atom stereocenters. The van der Waals surface area contributed by atoms with Crippen molar-refractivity contribution in [1.29, 1.82) is 0 Å². The van der Waals surface area contributed by atoms with E-state index < -0.39 is 0 Å². The lowest BCUT2D eigenvalue weighted by atomic mass is 9.99. The molecule has 2 heterocycles. The van der Waals surface area contributed by atoms with E-state index in [-0.39, 0.29) is 10.8 Å². The minimum Gasteiger partial charge on any atom is -0.369 e. The minimum absolute atomic E-state index is 0.221. The molecule has 1 aromatic carbocycles. The molecule has 0 N–H and O–H groups in total. The Morgan fingerprint density at radius 2 is 2.06 bits per heavy atom. The summed E-state index contributed by atoms with van der Waals surface area (Å²) in [6, 6.07) is 5.70. The van der Waals surface area contributed by atoms with Crippen molar-refractivity contribution >= 4 is 17.3 Å². The molecule has 0 amide bonds. The van der Waals surface area contributed by atoms with Gasteiger partial charge in [-0.15, -0.1) is 0 Å². The zero-order valence-corrected chi connectivity index (χ0v) is 11.2. The van der Waals surface area contributed by atoms with Crippen molar-refractivity contribution in [2.24, 2.45) is 0 Å². The molecule has 0 spiro atoms. The molecule has 2 aliphatic rings. The molecule has 2 nitrogen and oxygen atoms in total. The van der Waals surface area contributed by atoms with Crippen LogP contribution in [0.5, 0.6) is 0 Å². The third-order valence-electron chi connectivity index (χ3n) is 4.11. The second-order valence-electron chi connectivity index (χ2n) is 5.23. The van der Waals surface area contributed by atoms with Crippen LogP contribution in [0.2, 0.25) is 5.02 Å². The van der Waals surface area contributed by atoms with Crippen LogP contribution >= 0.6 is 11.6 Å². The fourth-order valence-corrected chi connectivity index (χ4v) is 3.25. The lowest BCUT2D eigenvalue weighted by molar-refractivity contribution is 0.133. The number of piperazine rings is 1. The zero-order valence-electron chi connectivity index (χ0n) is 10.4. The lowest BCUT2D eigenvalue weighted by Crippen LogP contribution is -2.54. The topological polar surface area (TPSA) is 6.48 Å². The van der Waals surface area contributed by atoms with Crippen molar-refractivity contribution in [3.05, 3.63) is 29.0 Å². The summed E-state index contributed by atoms with van der Waals surface area (Å²) in [5, 5.41) is 0.221. The predicted molar refractivity (Wildman–Crippen MR) is 72.8 cm³/mol. The average molecular weight is 269 g/mol. The Morgan fingerprint density at radius 1 is 1.17 bits per heavy atom. The third-order valence-corrected chi connectivity index (χ3v) is 4.40. The normalized spacial score (nSPS) is 25.0. The van der Waals surface area contributed by atoms with Gasteiger partial charge in [0, 0.05) is 31.4 Å². The number of hydrogen-bond donors (Lipinski definition) is 0.